The van der Waals surface area contributed by atoms with Crippen LogP contribution in [0.2, 0.25) is 0 Å². The summed E-state index contributed by atoms with van der Waals surface area (Å²) in [5, 5.41) is 13.2. The highest BCUT2D eigenvalue weighted by molar-refractivity contribution is 5.94. The number of carbonyl (C=O) groups is 1. The van der Waals surface area contributed by atoms with Crippen LogP contribution in [0.15, 0.2) is 24.3 Å². The smallest absolute Gasteiger partial charge is 0.241 e. The van der Waals surface area contributed by atoms with E-state index in [1.165, 1.54) is 6.42 Å². The Morgan fingerprint density at radius 3 is 2.59 bits per heavy atom. The molecule has 6 nitrogen and oxygen atoms in total. The molecular formula is C21H33N3O3. The molecule has 1 aliphatic heterocycles. The second kappa shape index (κ2) is 9.53. The van der Waals surface area contributed by atoms with Gasteiger partial charge in [-0.1, -0.05) is 12.8 Å². The van der Waals surface area contributed by atoms with E-state index in [-0.39, 0.29) is 24.0 Å². The summed E-state index contributed by atoms with van der Waals surface area (Å²) in [4.78, 5) is 17.0. The van der Waals surface area contributed by atoms with E-state index in [1.807, 2.05) is 38.2 Å². The highest BCUT2D eigenvalue weighted by Crippen LogP contribution is 2.25. The number of aliphatic hydroxyl groups excluding tert-OH is 1. The molecule has 150 valence electrons. The first-order valence-corrected chi connectivity index (χ1v) is 10.2. The molecule has 27 heavy (non-hydrogen) atoms. The molecule has 1 saturated carbocycles. The fourth-order valence-corrected chi connectivity index (χ4v) is 3.95. The van der Waals surface area contributed by atoms with Gasteiger partial charge in [0.15, 0.2) is 0 Å². The molecule has 0 unspecified atom stereocenters. The van der Waals surface area contributed by atoms with Crippen LogP contribution in [-0.2, 0) is 9.53 Å². The highest BCUT2D eigenvalue weighted by Gasteiger charge is 2.27. The van der Waals surface area contributed by atoms with Crippen molar-refractivity contribution in [2.75, 3.05) is 50.1 Å². The van der Waals surface area contributed by atoms with Gasteiger partial charge in [0, 0.05) is 31.0 Å². The number of anilines is 2. The van der Waals surface area contributed by atoms with Gasteiger partial charge >= 0.3 is 0 Å². The van der Waals surface area contributed by atoms with E-state index in [9.17, 15) is 9.90 Å². The first-order valence-electron chi connectivity index (χ1n) is 10.2. The van der Waals surface area contributed by atoms with Crippen LogP contribution in [-0.4, -0.2) is 68.0 Å². The fraction of sp³-hybridized carbons (Fsp3) is 0.667. The van der Waals surface area contributed by atoms with Crippen LogP contribution in [0.4, 0.5) is 11.4 Å². The van der Waals surface area contributed by atoms with E-state index in [1.54, 1.807) is 0 Å². The van der Waals surface area contributed by atoms with Crippen molar-refractivity contribution < 1.29 is 14.6 Å². The van der Waals surface area contributed by atoms with Gasteiger partial charge in [-0.05, 0) is 57.0 Å². The summed E-state index contributed by atoms with van der Waals surface area (Å²) in [6, 6.07) is 7.78. The van der Waals surface area contributed by atoms with Crippen LogP contribution in [0.3, 0.4) is 0 Å². The van der Waals surface area contributed by atoms with Crippen molar-refractivity contribution in [2.45, 2.75) is 44.8 Å². The van der Waals surface area contributed by atoms with Crippen molar-refractivity contribution in [2.24, 2.45) is 5.92 Å². The summed E-state index contributed by atoms with van der Waals surface area (Å²) in [7, 11) is 1.97. The normalized spacial score (nSPS) is 24.7. The minimum atomic E-state index is -0.238. The number of morpholine rings is 1. The molecule has 6 heteroatoms. The van der Waals surface area contributed by atoms with Crippen LogP contribution >= 0.6 is 0 Å². The second-order valence-electron chi connectivity index (χ2n) is 7.86. The molecule has 1 saturated heterocycles. The largest absolute Gasteiger partial charge is 0.393 e. The zero-order valence-corrected chi connectivity index (χ0v) is 16.6. The molecular weight excluding hydrogens is 342 g/mol. The molecule has 1 amide bonds. The Balaban J connectivity index is 1.51. The summed E-state index contributed by atoms with van der Waals surface area (Å²) in [5.41, 5.74) is 1.97. The minimum Gasteiger partial charge on any atom is -0.393 e. The Hall–Kier alpha value is -1.63. The molecule has 2 N–H and O–H groups in total. The Labute approximate surface area is 162 Å². The molecule has 1 aromatic carbocycles. The Morgan fingerprint density at radius 1 is 1.26 bits per heavy atom. The maximum atomic E-state index is 12.6. The number of nitrogens with one attached hydrogen (secondary N) is 1. The highest BCUT2D eigenvalue weighted by atomic mass is 16.5. The van der Waals surface area contributed by atoms with Gasteiger partial charge in [0.2, 0.25) is 5.91 Å². The number of hydrogen-bond donors (Lipinski definition) is 2. The average molecular weight is 376 g/mol. The van der Waals surface area contributed by atoms with Gasteiger partial charge in [-0.15, -0.1) is 0 Å². The van der Waals surface area contributed by atoms with Crippen molar-refractivity contribution in [3.05, 3.63) is 24.3 Å². The van der Waals surface area contributed by atoms with E-state index in [2.05, 4.69) is 15.1 Å². The number of rotatable bonds is 6. The van der Waals surface area contributed by atoms with Crippen LogP contribution in [0.25, 0.3) is 0 Å². The van der Waals surface area contributed by atoms with E-state index >= 15 is 0 Å². The van der Waals surface area contributed by atoms with Gasteiger partial charge in [-0.2, -0.15) is 0 Å². The maximum Gasteiger partial charge on any atom is 0.241 e. The molecule has 3 atom stereocenters. The van der Waals surface area contributed by atoms with E-state index in [4.69, 9.17) is 4.74 Å². The lowest BCUT2D eigenvalue weighted by Gasteiger charge is -2.33. The van der Waals surface area contributed by atoms with Crippen molar-refractivity contribution in [3.8, 4) is 0 Å². The number of benzene rings is 1. The average Bonchev–Trinajstić information content (AvgIpc) is 2.70. The Morgan fingerprint density at radius 2 is 1.93 bits per heavy atom. The third-order valence-electron chi connectivity index (χ3n) is 5.94. The van der Waals surface area contributed by atoms with Gasteiger partial charge < -0.3 is 20.1 Å². The number of likely N-dealkylation sites (N-methyl/N-ethyl adjacent to an activating group) is 1. The van der Waals surface area contributed by atoms with Crippen LogP contribution in [0, 0.1) is 5.92 Å². The lowest BCUT2D eigenvalue weighted by atomic mass is 9.86. The molecule has 1 aliphatic carbocycles. The maximum absolute atomic E-state index is 12.6. The van der Waals surface area contributed by atoms with Crippen LogP contribution in [0.5, 0.6) is 0 Å². The lowest BCUT2D eigenvalue weighted by Crippen LogP contribution is -2.44. The first-order chi connectivity index (χ1) is 13.0. The minimum absolute atomic E-state index is 0.0121. The first kappa shape index (κ1) is 20.1. The van der Waals surface area contributed by atoms with E-state index in [0.717, 1.165) is 63.5 Å². The molecule has 0 radical (unpaired) electrons. The molecule has 0 aromatic heterocycles. The van der Waals surface area contributed by atoms with Gasteiger partial charge in [0.25, 0.3) is 0 Å². The van der Waals surface area contributed by atoms with Crippen molar-refractivity contribution in [3.63, 3.8) is 0 Å². The topological polar surface area (TPSA) is 65.0 Å². The standard InChI is InChI=1S/C21H33N3O3/c1-16(23(2)15-17-5-3-4-6-20(17)25)21(26)22-18-7-9-19(10-8-18)24-11-13-27-14-12-24/h7-10,16-17,20,25H,3-6,11-15H2,1-2H3,(H,22,26)/t16-,17+,20-/m1/s1. The monoisotopic (exact) mass is 375 g/mol. The predicted molar refractivity (Wildman–Crippen MR) is 108 cm³/mol. The zero-order valence-electron chi connectivity index (χ0n) is 16.6. The lowest BCUT2D eigenvalue weighted by molar-refractivity contribution is -0.120. The zero-order chi connectivity index (χ0) is 19.2. The van der Waals surface area contributed by atoms with Gasteiger partial charge in [0.05, 0.1) is 25.4 Å². The van der Waals surface area contributed by atoms with Crippen molar-refractivity contribution in [1.82, 2.24) is 4.90 Å². The Kier molecular flexibility index (Phi) is 7.10. The fourth-order valence-electron chi connectivity index (χ4n) is 3.95. The second-order valence-corrected chi connectivity index (χ2v) is 7.86. The number of carbonyl (C=O) groups excluding carboxylic acids is 1. The molecule has 1 aromatic rings. The number of nitrogens with zero attached hydrogens (tertiary/aromatic N) is 2. The number of ether oxygens (including phenoxy) is 1. The van der Waals surface area contributed by atoms with Crippen LogP contribution < -0.4 is 10.2 Å². The van der Waals surface area contributed by atoms with E-state index < -0.39 is 0 Å². The van der Waals surface area contributed by atoms with Crippen molar-refractivity contribution >= 4 is 17.3 Å². The summed E-state index contributed by atoms with van der Waals surface area (Å²) in [5.74, 6) is 0.258. The third kappa shape index (κ3) is 5.43. The van der Waals surface area contributed by atoms with Crippen molar-refractivity contribution in [1.29, 1.82) is 0 Å². The Bertz CT molecular complexity index is 601. The van der Waals surface area contributed by atoms with Gasteiger partial charge in [-0.25, -0.2) is 0 Å². The molecule has 2 fully saturated rings. The molecule has 0 spiro atoms. The third-order valence-corrected chi connectivity index (χ3v) is 5.94. The summed E-state index contributed by atoms with van der Waals surface area (Å²) in [6.07, 6.45) is 3.98. The van der Waals surface area contributed by atoms with E-state index in [0.29, 0.717) is 0 Å². The molecule has 2 aliphatic rings. The molecule has 0 bridgehead atoms. The number of hydrogen-bond acceptors (Lipinski definition) is 5. The van der Waals surface area contributed by atoms with Gasteiger partial charge in [-0.3, -0.25) is 9.69 Å². The van der Waals surface area contributed by atoms with Crippen LogP contribution in [0.1, 0.15) is 32.6 Å². The summed E-state index contributed by atoms with van der Waals surface area (Å²) >= 11 is 0. The van der Waals surface area contributed by atoms with Gasteiger partial charge in [0.1, 0.15) is 0 Å². The summed E-state index contributed by atoms with van der Waals surface area (Å²) in [6.45, 7) is 6.01. The number of amides is 1. The quantitative estimate of drug-likeness (QED) is 0.799. The predicted octanol–water partition coefficient (Wildman–Crippen LogP) is 2.33. The summed E-state index contributed by atoms with van der Waals surface area (Å²) < 4.78 is 5.39. The molecule has 3 rings (SSSR count). The SMILES string of the molecule is C[C@H](C(=O)Nc1ccc(N2CCOCC2)cc1)N(C)C[C@@H]1CCCC[C@H]1O. The number of aliphatic hydroxyl groups is 1. The molecule has 1 heterocycles.